The normalized spacial score (nSPS) is 14.7. The van der Waals surface area contributed by atoms with Crippen LogP contribution in [0.3, 0.4) is 0 Å². The fourth-order valence-electron chi connectivity index (χ4n) is 3.93. The van der Waals surface area contributed by atoms with Crippen LogP contribution in [0.1, 0.15) is 45.9 Å². The number of nitriles is 1. The zero-order valence-electron chi connectivity index (χ0n) is 17.5. The predicted molar refractivity (Wildman–Crippen MR) is 127 cm³/mol. The molecule has 0 heterocycles. The van der Waals surface area contributed by atoms with Gasteiger partial charge in [-0.25, -0.2) is 0 Å². The van der Waals surface area contributed by atoms with Gasteiger partial charge in [-0.05, 0) is 60.7 Å². The van der Waals surface area contributed by atoms with E-state index >= 15 is 0 Å². The van der Waals surface area contributed by atoms with Crippen molar-refractivity contribution in [3.63, 3.8) is 0 Å². The van der Waals surface area contributed by atoms with Crippen molar-refractivity contribution in [2.75, 3.05) is 11.1 Å². The monoisotopic (exact) mass is 441 g/mol. The van der Waals surface area contributed by atoms with Gasteiger partial charge in [-0.1, -0.05) is 42.5 Å². The summed E-state index contributed by atoms with van der Waals surface area (Å²) in [5, 5.41) is 15.0. The maximum Gasteiger partial charge on any atom is 0.252 e. The Morgan fingerprint density at radius 2 is 1.84 bits per heavy atom. The molecule has 32 heavy (non-hydrogen) atoms. The molecule has 4 rings (SSSR count). The minimum atomic E-state index is -0.193. The summed E-state index contributed by atoms with van der Waals surface area (Å²) in [5.41, 5.74) is 4.12. The molecular weight excluding hydrogens is 418 g/mol. The molecule has 0 aliphatic heterocycles. The van der Waals surface area contributed by atoms with Gasteiger partial charge in [-0.2, -0.15) is 5.26 Å². The lowest BCUT2D eigenvalue weighted by Crippen LogP contribution is -2.31. The molecular formula is C26H23N3O2S. The summed E-state index contributed by atoms with van der Waals surface area (Å²) in [5.74, 6) is -0.161. The van der Waals surface area contributed by atoms with Gasteiger partial charge >= 0.3 is 0 Å². The number of rotatable bonds is 6. The number of aryl methyl sites for hydroxylation is 1. The minimum absolute atomic E-state index is 0.00113. The lowest BCUT2D eigenvalue weighted by molar-refractivity contribution is -0.113. The van der Waals surface area contributed by atoms with Crippen LogP contribution in [0.25, 0.3) is 0 Å². The number of amides is 2. The SMILES string of the molecule is N#Cc1cccc(NC(=O)CSc2ccccc2C(=O)N[C@H]2CCCc3ccccc32)c1. The summed E-state index contributed by atoms with van der Waals surface area (Å²) in [4.78, 5) is 26.3. The van der Waals surface area contributed by atoms with Gasteiger partial charge in [-0.3, -0.25) is 9.59 Å². The van der Waals surface area contributed by atoms with Crippen LogP contribution in [0.2, 0.25) is 0 Å². The van der Waals surface area contributed by atoms with E-state index in [9.17, 15) is 9.59 Å². The van der Waals surface area contributed by atoms with Gasteiger partial charge in [0, 0.05) is 10.6 Å². The van der Waals surface area contributed by atoms with E-state index in [1.165, 1.54) is 22.9 Å². The number of benzene rings is 3. The van der Waals surface area contributed by atoms with Gasteiger partial charge in [0.1, 0.15) is 0 Å². The van der Waals surface area contributed by atoms with Crippen molar-refractivity contribution in [3.8, 4) is 6.07 Å². The summed E-state index contributed by atoms with van der Waals surface area (Å²) >= 11 is 1.32. The molecule has 0 unspecified atom stereocenters. The van der Waals surface area contributed by atoms with Gasteiger partial charge in [0.05, 0.1) is 29.0 Å². The number of fused-ring (bicyclic) bond motifs is 1. The lowest BCUT2D eigenvalue weighted by Gasteiger charge is -2.26. The molecule has 1 aliphatic carbocycles. The van der Waals surface area contributed by atoms with Gasteiger partial charge in [-0.15, -0.1) is 11.8 Å². The summed E-state index contributed by atoms with van der Waals surface area (Å²) in [6, 6.07) is 24.5. The lowest BCUT2D eigenvalue weighted by atomic mass is 9.87. The molecule has 160 valence electrons. The van der Waals surface area contributed by atoms with Crippen LogP contribution in [-0.4, -0.2) is 17.6 Å². The standard InChI is InChI=1S/C26H23N3O2S/c27-16-18-7-5-10-20(15-18)28-25(30)17-32-24-14-4-3-12-22(24)26(31)29-23-13-6-9-19-8-1-2-11-21(19)23/h1-5,7-8,10-12,14-15,23H,6,9,13,17H2,(H,28,30)(H,29,31)/t23-/m0/s1. The number of nitrogens with one attached hydrogen (secondary N) is 2. The van der Waals surface area contributed by atoms with Crippen LogP contribution in [0, 0.1) is 11.3 Å². The molecule has 1 atom stereocenters. The number of nitrogens with zero attached hydrogens (tertiary/aromatic N) is 1. The van der Waals surface area contributed by atoms with E-state index in [1.54, 1.807) is 30.3 Å². The Labute approximate surface area is 191 Å². The molecule has 5 nitrogen and oxygen atoms in total. The third-order valence-electron chi connectivity index (χ3n) is 5.44. The molecule has 0 saturated heterocycles. The summed E-state index contributed by atoms with van der Waals surface area (Å²) in [6.07, 6.45) is 3.01. The molecule has 0 fully saturated rings. The Morgan fingerprint density at radius 3 is 2.72 bits per heavy atom. The zero-order chi connectivity index (χ0) is 22.3. The molecule has 0 spiro atoms. The Bertz CT molecular complexity index is 1190. The molecule has 0 aromatic heterocycles. The van der Waals surface area contributed by atoms with Gasteiger partial charge in [0.15, 0.2) is 0 Å². The smallest absolute Gasteiger partial charge is 0.252 e. The van der Waals surface area contributed by atoms with Crippen LogP contribution in [-0.2, 0) is 11.2 Å². The first-order valence-electron chi connectivity index (χ1n) is 10.5. The number of hydrogen-bond donors (Lipinski definition) is 2. The van der Waals surface area contributed by atoms with E-state index in [2.05, 4.69) is 28.8 Å². The van der Waals surface area contributed by atoms with E-state index in [1.807, 2.05) is 30.3 Å². The quantitative estimate of drug-likeness (QED) is 0.522. The second-order valence-electron chi connectivity index (χ2n) is 7.64. The van der Waals surface area contributed by atoms with Crippen molar-refractivity contribution in [1.82, 2.24) is 5.32 Å². The van der Waals surface area contributed by atoms with Crippen molar-refractivity contribution < 1.29 is 9.59 Å². The van der Waals surface area contributed by atoms with E-state index in [4.69, 9.17) is 5.26 Å². The average Bonchev–Trinajstić information content (AvgIpc) is 2.83. The third kappa shape index (κ3) is 5.19. The zero-order valence-corrected chi connectivity index (χ0v) is 18.3. The molecule has 2 amide bonds. The minimum Gasteiger partial charge on any atom is -0.345 e. The van der Waals surface area contributed by atoms with Gasteiger partial charge in [0.2, 0.25) is 5.91 Å². The van der Waals surface area contributed by atoms with Crippen LogP contribution in [0.5, 0.6) is 0 Å². The number of anilines is 1. The summed E-state index contributed by atoms with van der Waals surface area (Å²) in [6.45, 7) is 0. The van der Waals surface area contributed by atoms with Crippen LogP contribution >= 0.6 is 11.8 Å². The highest BCUT2D eigenvalue weighted by molar-refractivity contribution is 8.00. The molecule has 0 saturated carbocycles. The van der Waals surface area contributed by atoms with Crippen LogP contribution < -0.4 is 10.6 Å². The first-order chi connectivity index (χ1) is 15.6. The second-order valence-corrected chi connectivity index (χ2v) is 8.66. The number of carbonyl (C=O) groups excluding carboxylic acids is 2. The number of carbonyl (C=O) groups is 2. The number of thioether (sulfide) groups is 1. The van der Waals surface area contributed by atoms with E-state index in [0.717, 1.165) is 24.2 Å². The molecule has 3 aromatic rings. The van der Waals surface area contributed by atoms with E-state index < -0.39 is 0 Å². The van der Waals surface area contributed by atoms with Crippen molar-refractivity contribution in [1.29, 1.82) is 5.26 Å². The van der Waals surface area contributed by atoms with Crippen LogP contribution in [0.15, 0.2) is 77.7 Å². The van der Waals surface area contributed by atoms with Crippen molar-refractivity contribution in [3.05, 3.63) is 95.1 Å². The first-order valence-corrected chi connectivity index (χ1v) is 11.5. The van der Waals surface area contributed by atoms with Crippen LogP contribution in [0.4, 0.5) is 5.69 Å². The fourth-order valence-corrected chi connectivity index (χ4v) is 4.78. The topological polar surface area (TPSA) is 82.0 Å². The van der Waals surface area contributed by atoms with Crippen molar-refractivity contribution in [2.45, 2.75) is 30.2 Å². The highest BCUT2D eigenvalue weighted by Crippen LogP contribution is 2.30. The highest BCUT2D eigenvalue weighted by Gasteiger charge is 2.23. The fraction of sp³-hybridized carbons (Fsp3) is 0.192. The molecule has 0 bridgehead atoms. The maximum absolute atomic E-state index is 13.1. The maximum atomic E-state index is 13.1. The predicted octanol–water partition coefficient (Wildman–Crippen LogP) is 5.10. The Balaban J connectivity index is 1.41. The third-order valence-corrected chi connectivity index (χ3v) is 6.51. The molecule has 0 radical (unpaired) electrons. The largest absolute Gasteiger partial charge is 0.345 e. The van der Waals surface area contributed by atoms with Crippen molar-refractivity contribution in [2.24, 2.45) is 0 Å². The Kier molecular flexibility index (Phi) is 6.88. The van der Waals surface area contributed by atoms with Gasteiger partial charge in [0.25, 0.3) is 5.91 Å². The number of hydrogen-bond acceptors (Lipinski definition) is 4. The van der Waals surface area contributed by atoms with Gasteiger partial charge < -0.3 is 10.6 Å². The van der Waals surface area contributed by atoms with Crippen molar-refractivity contribution >= 4 is 29.3 Å². The molecule has 3 aromatic carbocycles. The van der Waals surface area contributed by atoms with E-state index in [-0.39, 0.29) is 23.6 Å². The second kappa shape index (κ2) is 10.2. The summed E-state index contributed by atoms with van der Waals surface area (Å²) < 4.78 is 0. The highest BCUT2D eigenvalue weighted by atomic mass is 32.2. The Hall–Kier alpha value is -3.56. The Morgan fingerprint density at radius 1 is 1.03 bits per heavy atom. The molecule has 2 N–H and O–H groups in total. The average molecular weight is 442 g/mol. The molecule has 1 aliphatic rings. The van der Waals surface area contributed by atoms with E-state index in [0.29, 0.717) is 16.8 Å². The summed E-state index contributed by atoms with van der Waals surface area (Å²) in [7, 11) is 0. The first kappa shape index (κ1) is 21.7. The molecule has 6 heteroatoms.